The predicted molar refractivity (Wildman–Crippen MR) is 72.3 cm³/mol. The van der Waals surface area contributed by atoms with E-state index in [4.69, 9.17) is 9.26 Å². The number of hydrogen-bond acceptors (Lipinski definition) is 6. The summed E-state index contributed by atoms with van der Waals surface area (Å²) >= 11 is 0. The zero-order valence-corrected chi connectivity index (χ0v) is 12.0. The third-order valence-corrected chi connectivity index (χ3v) is 4.01. The summed E-state index contributed by atoms with van der Waals surface area (Å²) in [5.74, 6) is 2.07. The Morgan fingerprint density at radius 2 is 2.30 bits per heavy atom. The summed E-state index contributed by atoms with van der Waals surface area (Å²) in [6.45, 7) is 4.54. The Balaban J connectivity index is 1.59. The molecule has 0 radical (unpaired) electrons. The summed E-state index contributed by atoms with van der Waals surface area (Å²) in [6.07, 6.45) is 4.03. The van der Waals surface area contributed by atoms with Crippen molar-refractivity contribution in [2.75, 3.05) is 26.3 Å². The fourth-order valence-corrected chi connectivity index (χ4v) is 2.79. The van der Waals surface area contributed by atoms with E-state index < -0.39 is 6.10 Å². The van der Waals surface area contributed by atoms with E-state index in [1.165, 1.54) is 12.8 Å². The molecule has 2 heterocycles. The van der Waals surface area contributed by atoms with E-state index in [1.807, 2.05) is 6.92 Å². The van der Waals surface area contributed by atoms with Crippen molar-refractivity contribution in [1.29, 1.82) is 0 Å². The van der Waals surface area contributed by atoms with E-state index >= 15 is 0 Å². The first-order valence-corrected chi connectivity index (χ1v) is 7.61. The minimum Gasteiger partial charge on any atom is -0.389 e. The highest BCUT2D eigenvalue weighted by Crippen LogP contribution is 2.40. The zero-order chi connectivity index (χ0) is 13.9. The van der Waals surface area contributed by atoms with Crippen molar-refractivity contribution in [1.82, 2.24) is 15.0 Å². The average molecular weight is 281 g/mol. The lowest BCUT2D eigenvalue weighted by molar-refractivity contribution is 0.0179. The largest absolute Gasteiger partial charge is 0.389 e. The SMILES string of the molecule is CCOCC(O)CN1CCCC1c1noc(C2CC2)n1. The van der Waals surface area contributed by atoms with Crippen molar-refractivity contribution >= 4 is 0 Å². The number of ether oxygens (including phenoxy) is 1. The lowest BCUT2D eigenvalue weighted by atomic mass is 10.2. The van der Waals surface area contributed by atoms with E-state index in [-0.39, 0.29) is 6.04 Å². The van der Waals surface area contributed by atoms with Gasteiger partial charge in [0, 0.05) is 19.1 Å². The van der Waals surface area contributed by atoms with Gasteiger partial charge in [0.05, 0.1) is 18.8 Å². The molecule has 1 N–H and O–H groups in total. The molecule has 2 unspecified atom stereocenters. The minimum absolute atomic E-state index is 0.183. The van der Waals surface area contributed by atoms with Crippen LogP contribution >= 0.6 is 0 Å². The molecule has 1 aliphatic carbocycles. The molecule has 6 heteroatoms. The zero-order valence-electron chi connectivity index (χ0n) is 12.0. The van der Waals surface area contributed by atoms with Crippen LogP contribution in [0.1, 0.15) is 56.3 Å². The Bertz CT molecular complexity index is 433. The molecule has 0 amide bonds. The quantitative estimate of drug-likeness (QED) is 0.816. The molecule has 3 rings (SSSR count). The summed E-state index contributed by atoms with van der Waals surface area (Å²) in [4.78, 5) is 6.78. The molecule has 2 aliphatic rings. The molecule has 0 spiro atoms. The maximum absolute atomic E-state index is 9.98. The van der Waals surface area contributed by atoms with E-state index in [1.54, 1.807) is 0 Å². The highest BCUT2D eigenvalue weighted by molar-refractivity contribution is 5.05. The number of rotatable bonds is 7. The smallest absolute Gasteiger partial charge is 0.229 e. The van der Waals surface area contributed by atoms with Gasteiger partial charge in [-0.25, -0.2) is 0 Å². The van der Waals surface area contributed by atoms with Gasteiger partial charge in [0.25, 0.3) is 0 Å². The highest BCUT2D eigenvalue weighted by atomic mass is 16.5. The van der Waals surface area contributed by atoms with Gasteiger partial charge in [0.1, 0.15) is 0 Å². The second kappa shape index (κ2) is 6.20. The van der Waals surface area contributed by atoms with E-state index in [0.29, 0.717) is 25.7 Å². The molecule has 1 saturated carbocycles. The number of nitrogens with zero attached hydrogens (tertiary/aromatic N) is 3. The minimum atomic E-state index is -0.453. The molecule has 1 aliphatic heterocycles. The molecular weight excluding hydrogens is 258 g/mol. The maximum atomic E-state index is 9.98. The van der Waals surface area contributed by atoms with E-state index in [0.717, 1.165) is 31.1 Å². The highest BCUT2D eigenvalue weighted by Gasteiger charge is 2.34. The molecule has 0 aromatic carbocycles. The van der Waals surface area contributed by atoms with Crippen molar-refractivity contribution in [3.8, 4) is 0 Å². The van der Waals surface area contributed by atoms with Crippen LogP contribution in [0.5, 0.6) is 0 Å². The number of aliphatic hydroxyl groups excluding tert-OH is 1. The van der Waals surface area contributed by atoms with Gasteiger partial charge in [-0.05, 0) is 39.2 Å². The standard InChI is InChI=1S/C14H23N3O3/c1-2-19-9-11(18)8-17-7-3-4-12(17)13-15-14(20-16-13)10-5-6-10/h10-12,18H,2-9H2,1H3. The first kappa shape index (κ1) is 14.0. The normalized spacial score (nSPS) is 25.2. The second-order valence-corrected chi connectivity index (χ2v) is 5.73. The van der Waals surface area contributed by atoms with E-state index in [9.17, 15) is 5.11 Å². The van der Waals surface area contributed by atoms with Gasteiger partial charge in [-0.2, -0.15) is 4.98 Å². The van der Waals surface area contributed by atoms with Gasteiger partial charge in [-0.3, -0.25) is 4.90 Å². The van der Waals surface area contributed by atoms with Gasteiger partial charge in [-0.1, -0.05) is 5.16 Å². The molecule has 0 bridgehead atoms. The monoisotopic (exact) mass is 281 g/mol. The Kier molecular flexibility index (Phi) is 4.33. The number of aromatic nitrogens is 2. The Morgan fingerprint density at radius 1 is 1.45 bits per heavy atom. The van der Waals surface area contributed by atoms with Crippen molar-refractivity contribution in [2.24, 2.45) is 0 Å². The van der Waals surface area contributed by atoms with Crippen molar-refractivity contribution in [2.45, 2.75) is 50.7 Å². The van der Waals surface area contributed by atoms with Gasteiger partial charge in [0.15, 0.2) is 5.82 Å². The van der Waals surface area contributed by atoms with Crippen molar-refractivity contribution < 1.29 is 14.4 Å². The molecular formula is C14H23N3O3. The summed E-state index contributed by atoms with van der Waals surface area (Å²) in [7, 11) is 0. The molecule has 2 atom stereocenters. The Morgan fingerprint density at radius 3 is 3.05 bits per heavy atom. The van der Waals surface area contributed by atoms with Crippen LogP contribution in [0.25, 0.3) is 0 Å². The third kappa shape index (κ3) is 3.19. The molecule has 2 fully saturated rings. The van der Waals surface area contributed by atoms with Gasteiger partial charge in [0.2, 0.25) is 5.89 Å². The average Bonchev–Trinajstić information content (AvgIpc) is 3.00. The van der Waals surface area contributed by atoms with Crippen molar-refractivity contribution in [3.05, 3.63) is 11.7 Å². The van der Waals surface area contributed by atoms with Gasteiger partial charge >= 0.3 is 0 Å². The summed E-state index contributed by atoms with van der Waals surface area (Å²) < 4.78 is 10.6. The van der Waals surface area contributed by atoms with Gasteiger partial charge in [-0.15, -0.1) is 0 Å². The fraction of sp³-hybridized carbons (Fsp3) is 0.857. The third-order valence-electron chi connectivity index (χ3n) is 4.01. The van der Waals surface area contributed by atoms with Crippen LogP contribution in [-0.4, -0.2) is 52.6 Å². The molecule has 20 heavy (non-hydrogen) atoms. The number of aliphatic hydroxyl groups is 1. The van der Waals surface area contributed by atoms with Crippen LogP contribution in [-0.2, 0) is 4.74 Å². The summed E-state index contributed by atoms with van der Waals surface area (Å²) in [5.41, 5.74) is 0. The van der Waals surface area contributed by atoms with Crippen LogP contribution in [0.2, 0.25) is 0 Å². The number of β-amino-alcohol motifs (C(OH)–C–C–N with tert-alkyl or cyclic N) is 1. The maximum Gasteiger partial charge on any atom is 0.229 e. The molecule has 6 nitrogen and oxygen atoms in total. The molecule has 1 aromatic heterocycles. The Labute approximate surface area is 119 Å². The van der Waals surface area contributed by atoms with Crippen LogP contribution in [0.4, 0.5) is 0 Å². The molecule has 1 saturated heterocycles. The first-order valence-electron chi connectivity index (χ1n) is 7.61. The number of hydrogen-bond donors (Lipinski definition) is 1. The predicted octanol–water partition coefficient (Wildman–Crippen LogP) is 1.48. The first-order chi connectivity index (χ1) is 9.78. The van der Waals surface area contributed by atoms with Crippen LogP contribution < -0.4 is 0 Å². The Hall–Kier alpha value is -0.980. The number of likely N-dealkylation sites (tertiary alicyclic amines) is 1. The molecule has 1 aromatic rings. The second-order valence-electron chi connectivity index (χ2n) is 5.73. The lowest BCUT2D eigenvalue weighted by Crippen LogP contribution is -2.35. The van der Waals surface area contributed by atoms with Crippen LogP contribution in [0, 0.1) is 0 Å². The molecule has 112 valence electrons. The lowest BCUT2D eigenvalue weighted by Gasteiger charge is -2.24. The fourth-order valence-electron chi connectivity index (χ4n) is 2.79. The summed E-state index contributed by atoms with van der Waals surface area (Å²) in [6, 6.07) is 0.183. The van der Waals surface area contributed by atoms with Crippen molar-refractivity contribution in [3.63, 3.8) is 0 Å². The van der Waals surface area contributed by atoms with Gasteiger partial charge < -0.3 is 14.4 Å². The topological polar surface area (TPSA) is 71.6 Å². The van der Waals surface area contributed by atoms with Crippen LogP contribution in [0.15, 0.2) is 4.52 Å². The summed E-state index contributed by atoms with van der Waals surface area (Å²) in [5, 5.41) is 14.1. The van der Waals surface area contributed by atoms with Crippen LogP contribution in [0.3, 0.4) is 0 Å². The van der Waals surface area contributed by atoms with E-state index in [2.05, 4.69) is 15.0 Å².